The Labute approximate surface area is 385 Å². The summed E-state index contributed by atoms with van der Waals surface area (Å²) in [7, 11) is 0. The van der Waals surface area contributed by atoms with Crippen LogP contribution in [-0.2, 0) is 0 Å². The van der Waals surface area contributed by atoms with Gasteiger partial charge in [0, 0.05) is 33.4 Å². The minimum atomic E-state index is 1.07. The summed E-state index contributed by atoms with van der Waals surface area (Å²) in [5.41, 5.74) is 18.5. The van der Waals surface area contributed by atoms with E-state index in [0.717, 1.165) is 39.4 Å². The first-order valence-corrected chi connectivity index (χ1v) is 22.7. The maximum absolute atomic E-state index is 2.43. The Morgan fingerprint density at radius 1 is 0.258 bits per heavy atom. The van der Waals surface area contributed by atoms with Crippen molar-refractivity contribution in [2.45, 2.75) is 0 Å². The zero-order valence-corrected chi connectivity index (χ0v) is 36.3. The third-order valence-electron chi connectivity index (χ3n) is 13.0. The molecule has 0 unspecified atom stereocenters. The molecule has 0 aliphatic rings. The van der Waals surface area contributed by atoms with Gasteiger partial charge < -0.3 is 9.47 Å². The van der Waals surface area contributed by atoms with Crippen molar-refractivity contribution in [3.63, 3.8) is 0 Å². The van der Waals surface area contributed by atoms with Crippen LogP contribution in [0.3, 0.4) is 0 Å². The van der Waals surface area contributed by atoms with Crippen LogP contribution < -0.4 is 4.90 Å². The van der Waals surface area contributed by atoms with Gasteiger partial charge in [0.2, 0.25) is 0 Å². The van der Waals surface area contributed by atoms with Gasteiger partial charge >= 0.3 is 0 Å². The Balaban J connectivity index is 1.04. The fourth-order valence-electron chi connectivity index (χ4n) is 9.87. The number of hydrogen-bond acceptors (Lipinski definition) is 1. The lowest BCUT2D eigenvalue weighted by atomic mass is 9.87. The molecule has 310 valence electrons. The zero-order valence-electron chi connectivity index (χ0n) is 36.3. The fourth-order valence-corrected chi connectivity index (χ4v) is 9.87. The molecule has 12 aromatic rings. The maximum Gasteiger partial charge on any atom is 0.0541 e. The molecule has 0 saturated heterocycles. The fraction of sp³-hybridized carbons (Fsp3) is 0. The second-order valence-electron chi connectivity index (χ2n) is 16.9. The summed E-state index contributed by atoms with van der Waals surface area (Å²) in [4.78, 5) is 2.43. The van der Waals surface area contributed by atoms with E-state index in [0.29, 0.717) is 0 Å². The van der Waals surface area contributed by atoms with Crippen LogP contribution in [0, 0.1) is 0 Å². The van der Waals surface area contributed by atoms with E-state index < -0.39 is 0 Å². The number of rotatable bonds is 9. The Kier molecular flexibility index (Phi) is 9.89. The van der Waals surface area contributed by atoms with Gasteiger partial charge in [0.15, 0.2) is 0 Å². The number of fused-ring (bicyclic) bond motifs is 4. The van der Waals surface area contributed by atoms with Gasteiger partial charge in [-0.15, -0.1) is 0 Å². The average molecular weight is 841 g/mol. The highest BCUT2D eigenvalue weighted by atomic mass is 15.1. The summed E-state index contributed by atoms with van der Waals surface area (Å²) in [6.07, 6.45) is 0. The van der Waals surface area contributed by atoms with Crippen LogP contribution >= 0.6 is 0 Å². The molecule has 0 atom stereocenters. The van der Waals surface area contributed by atoms with E-state index in [1.165, 1.54) is 71.5 Å². The molecule has 2 heteroatoms. The third-order valence-corrected chi connectivity index (χ3v) is 13.0. The van der Waals surface area contributed by atoms with Gasteiger partial charge in [0.1, 0.15) is 0 Å². The van der Waals surface area contributed by atoms with Crippen molar-refractivity contribution in [2.24, 2.45) is 0 Å². The summed E-state index contributed by atoms with van der Waals surface area (Å²) >= 11 is 0. The predicted octanol–water partition coefficient (Wildman–Crippen LogP) is 17.7. The molecular weight excluding hydrogens is 797 g/mol. The zero-order chi connectivity index (χ0) is 43.8. The molecule has 1 aromatic heterocycles. The van der Waals surface area contributed by atoms with Crippen LogP contribution in [0.4, 0.5) is 17.1 Å². The smallest absolute Gasteiger partial charge is 0.0541 e. The van der Waals surface area contributed by atoms with E-state index in [9.17, 15) is 0 Å². The van der Waals surface area contributed by atoms with Gasteiger partial charge in [0.25, 0.3) is 0 Å². The molecule has 0 saturated carbocycles. The summed E-state index contributed by atoms with van der Waals surface area (Å²) in [5, 5.41) is 4.97. The van der Waals surface area contributed by atoms with Crippen molar-refractivity contribution in [3.05, 3.63) is 267 Å². The van der Waals surface area contributed by atoms with Crippen LogP contribution in [0.15, 0.2) is 267 Å². The van der Waals surface area contributed by atoms with E-state index >= 15 is 0 Å². The van der Waals surface area contributed by atoms with Crippen LogP contribution in [-0.4, -0.2) is 4.57 Å². The van der Waals surface area contributed by atoms with Crippen LogP contribution in [0.25, 0.3) is 93.9 Å². The second kappa shape index (κ2) is 16.8. The lowest BCUT2D eigenvalue weighted by Gasteiger charge is -2.29. The molecule has 0 aliphatic carbocycles. The van der Waals surface area contributed by atoms with Crippen LogP contribution in [0.1, 0.15) is 0 Å². The molecule has 12 rings (SSSR count). The van der Waals surface area contributed by atoms with Gasteiger partial charge in [-0.3, -0.25) is 0 Å². The Morgan fingerprint density at radius 2 is 0.773 bits per heavy atom. The molecule has 0 N–H and O–H groups in total. The summed E-state index contributed by atoms with van der Waals surface area (Å²) in [6, 6.07) is 97.0. The number of hydrogen-bond donors (Lipinski definition) is 0. The number of nitrogens with zero attached hydrogens (tertiary/aromatic N) is 2. The topological polar surface area (TPSA) is 8.17 Å². The molecule has 0 fully saturated rings. The van der Waals surface area contributed by atoms with E-state index in [2.05, 4.69) is 276 Å². The van der Waals surface area contributed by atoms with E-state index in [4.69, 9.17) is 0 Å². The number of benzene rings is 11. The summed E-state index contributed by atoms with van der Waals surface area (Å²) in [6.45, 7) is 0. The minimum Gasteiger partial charge on any atom is -0.310 e. The van der Waals surface area contributed by atoms with Gasteiger partial charge in [0.05, 0.1) is 16.7 Å². The van der Waals surface area contributed by atoms with Gasteiger partial charge in [-0.1, -0.05) is 200 Å². The van der Waals surface area contributed by atoms with Crippen molar-refractivity contribution in [3.8, 4) is 61.3 Å². The van der Waals surface area contributed by atoms with Crippen molar-refractivity contribution < 1.29 is 0 Å². The number of anilines is 3. The van der Waals surface area contributed by atoms with E-state index in [-0.39, 0.29) is 0 Å². The van der Waals surface area contributed by atoms with Gasteiger partial charge in [-0.2, -0.15) is 0 Å². The lowest BCUT2D eigenvalue weighted by Crippen LogP contribution is -2.11. The first-order valence-electron chi connectivity index (χ1n) is 22.7. The molecule has 2 nitrogen and oxygen atoms in total. The molecule has 0 aliphatic heterocycles. The van der Waals surface area contributed by atoms with Crippen molar-refractivity contribution in [1.29, 1.82) is 0 Å². The highest BCUT2D eigenvalue weighted by molar-refractivity contribution is 6.09. The Bertz CT molecular complexity index is 3640. The standard InChI is InChI=1S/C64H44N2/c1-3-18-45(19-4-1)51-36-41-57(61(44-51)47-21-5-2-6-22-47)55-26-9-10-27-56(55)58-28-11-14-31-62(58)65(54-25-17-24-49(43-54)50-35-34-46-20-7-8-23-48(46)42-50)52-37-39-53(40-38-52)66-63-32-15-12-29-59(63)60-30-13-16-33-64(60)66/h1-44H. The quantitative estimate of drug-likeness (QED) is 0.141. The highest BCUT2D eigenvalue weighted by Gasteiger charge is 2.22. The predicted molar refractivity (Wildman–Crippen MR) is 280 cm³/mol. The van der Waals surface area contributed by atoms with E-state index in [1.807, 2.05) is 0 Å². The normalized spacial score (nSPS) is 11.3. The second-order valence-corrected chi connectivity index (χ2v) is 16.9. The number of para-hydroxylation sites is 3. The summed E-state index contributed by atoms with van der Waals surface area (Å²) in [5.74, 6) is 0. The average Bonchev–Trinajstić information content (AvgIpc) is 3.74. The summed E-state index contributed by atoms with van der Waals surface area (Å²) < 4.78 is 2.39. The van der Waals surface area contributed by atoms with E-state index in [1.54, 1.807) is 0 Å². The highest BCUT2D eigenvalue weighted by Crippen LogP contribution is 2.47. The lowest BCUT2D eigenvalue weighted by molar-refractivity contribution is 1.17. The molecule has 0 amide bonds. The SMILES string of the molecule is c1ccc(-c2ccc(-c3ccccc3-c3ccccc3N(c3ccc(-n4c5ccccc5c5ccccc54)cc3)c3cccc(-c4ccc5ccccc5c4)c3)c(-c3ccccc3)c2)cc1. The Morgan fingerprint density at radius 3 is 1.50 bits per heavy atom. The molecule has 0 bridgehead atoms. The van der Waals surface area contributed by atoms with Crippen LogP contribution in [0.5, 0.6) is 0 Å². The number of aromatic nitrogens is 1. The van der Waals surface area contributed by atoms with Gasteiger partial charge in [-0.05, 0) is 128 Å². The van der Waals surface area contributed by atoms with Crippen molar-refractivity contribution in [2.75, 3.05) is 4.90 Å². The van der Waals surface area contributed by atoms with Crippen molar-refractivity contribution >= 4 is 49.6 Å². The molecule has 0 spiro atoms. The molecule has 0 radical (unpaired) electrons. The van der Waals surface area contributed by atoms with Crippen molar-refractivity contribution in [1.82, 2.24) is 4.57 Å². The first kappa shape index (κ1) is 38.9. The van der Waals surface area contributed by atoms with Gasteiger partial charge in [-0.25, -0.2) is 0 Å². The molecule has 1 heterocycles. The molecule has 66 heavy (non-hydrogen) atoms. The molecular formula is C64H44N2. The molecule has 11 aromatic carbocycles. The minimum absolute atomic E-state index is 1.07. The monoisotopic (exact) mass is 840 g/mol. The van der Waals surface area contributed by atoms with Crippen LogP contribution in [0.2, 0.25) is 0 Å². The maximum atomic E-state index is 2.43. The third kappa shape index (κ3) is 7.02. The Hall–Kier alpha value is -8.72. The first-order chi connectivity index (χ1) is 32.7. The largest absolute Gasteiger partial charge is 0.310 e.